The summed E-state index contributed by atoms with van der Waals surface area (Å²) in [4.78, 5) is 37.9. The van der Waals surface area contributed by atoms with Crippen LogP contribution in [0.4, 0.5) is 0 Å². The molecule has 0 aromatic heterocycles. The van der Waals surface area contributed by atoms with Crippen molar-refractivity contribution < 1.29 is 28.6 Å². The van der Waals surface area contributed by atoms with E-state index in [0.717, 1.165) is 109 Å². The fourth-order valence-electron chi connectivity index (χ4n) is 7.04. The average Bonchev–Trinajstić information content (AvgIpc) is 3.23. The average molecular weight is 827 g/mol. The summed E-state index contributed by atoms with van der Waals surface area (Å²) in [7, 11) is 0. The largest absolute Gasteiger partial charge is 0.462 e. The van der Waals surface area contributed by atoms with Crippen molar-refractivity contribution in [3.05, 3.63) is 48.6 Å². The maximum absolute atomic E-state index is 12.8. The van der Waals surface area contributed by atoms with Crippen LogP contribution in [0.25, 0.3) is 0 Å². The molecule has 0 amide bonds. The maximum Gasteiger partial charge on any atom is 0.306 e. The number of hydrogen-bond acceptors (Lipinski definition) is 6. The van der Waals surface area contributed by atoms with Gasteiger partial charge in [0, 0.05) is 19.3 Å². The van der Waals surface area contributed by atoms with Crippen molar-refractivity contribution in [1.82, 2.24) is 0 Å². The molecule has 0 rings (SSSR count). The number of hydrogen-bond donors (Lipinski definition) is 0. The standard InChI is InChI=1S/C53H94O6/c1-4-7-10-13-16-19-22-24-26-28-31-34-37-40-43-46-52(55)58-49-50(48-57-51(54)45-42-39-36-33-30-21-18-15-12-9-6-3)59-53(56)47-44-41-38-35-32-29-27-25-23-20-17-14-11-8-5-2/h7,10,16,19,24-27,50H,4-6,8-9,11-15,17-18,20-23,28-49H2,1-3H3/b10-7-,19-16-,26-24-,27-25-. The number of ether oxygens (including phenoxy) is 3. The summed E-state index contributed by atoms with van der Waals surface area (Å²) in [6, 6.07) is 0. The van der Waals surface area contributed by atoms with E-state index in [4.69, 9.17) is 14.2 Å². The molecule has 0 aromatic carbocycles. The third-order valence-corrected chi connectivity index (χ3v) is 10.8. The molecule has 6 nitrogen and oxygen atoms in total. The molecule has 0 heterocycles. The Labute approximate surface area is 365 Å². The quantitative estimate of drug-likeness (QED) is 0.0263. The Hall–Kier alpha value is -2.63. The van der Waals surface area contributed by atoms with Crippen molar-refractivity contribution in [3.63, 3.8) is 0 Å². The van der Waals surface area contributed by atoms with Crippen molar-refractivity contribution in [2.24, 2.45) is 0 Å². The number of esters is 3. The monoisotopic (exact) mass is 827 g/mol. The van der Waals surface area contributed by atoms with E-state index in [-0.39, 0.29) is 31.1 Å². The molecule has 0 spiro atoms. The van der Waals surface area contributed by atoms with Crippen molar-refractivity contribution in [2.75, 3.05) is 13.2 Å². The summed E-state index contributed by atoms with van der Waals surface area (Å²) in [5.74, 6) is -0.902. The van der Waals surface area contributed by atoms with Crippen LogP contribution in [0, 0.1) is 0 Å². The predicted octanol–water partition coefficient (Wildman–Crippen LogP) is 16.3. The van der Waals surface area contributed by atoms with Crippen LogP contribution in [0.15, 0.2) is 48.6 Å². The lowest BCUT2D eigenvalue weighted by Crippen LogP contribution is -2.30. The fourth-order valence-corrected chi connectivity index (χ4v) is 7.04. The van der Waals surface area contributed by atoms with E-state index < -0.39 is 6.10 Å². The second kappa shape index (κ2) is 48.0. The van der Waals surface area contributed by atoms with Gasteiger partial charge in [-0.05, 0) is 77.0 Å². The molecule has 0 aliphatic heterocycles. The third-order valence-electron chi connectivity index (χ3n) is 10.8. The molecule has 0 saturated carbocycles. The fraction of sp³-hybridized carbons (Fsp3) is 0.792. The molecule has 0 bridgehead atoms. The summed E-state index contributed by atoms with van der Waals surface area (Å²) >= 11 is 0. The lowest BCUT2D eigenvalue weighted by atomic mass is 10.1. The van der Waals surface area contributed by atoms with Gasteiger partial charge in [-0.1, -0.05) is 204 Å². The van der Waals surface area contributed by atoms with Gasteiger partial charge in [0.2, 0.25) is 0 Å². The Morgan fingerprint density at radius 1 is 0.356 bits per heavy atom. The molecule has 0 aromatic rings. The zero-order valence-corrected chi connectivity index (χ0v) is 39.0. The van der Waals surface area contributed by atoms with Gasteiger partial charge in [-0.25, -0.2) is 0 Å². The highest BCUT2D eigenvalue weighted by molar-refractivity contribution is 5.71. The number of allylic oxidation sites excluding steroid dienone is 8. The predicted molar refractivity (Wildman–Crippen MR) is 252 cm³/mol. The second-order valence-corrected chi connectivity index (χ2v) is 16.7. The Morgan fingerprint density at radius 3 is 1.05 bits per heavy atom. The number of carbonyl (C=O) groups excluding carboxylic acids is 3. The molecule has 1 atom stereocenters. The SMILES string of the molecule is CC/C=C\C/C=C\C/C=C\CCCCCCCC(=O)OCC(COC(=O)CCCCCCCCCCCCC)OC(=O)CCCCCCC/C=C\CCCCCCCC. The van der Waals surface area contributed by atoms with Crippen LogP contribution in [-0.2, 0) is 28.6 Å². The van der Waals surface area contributed by atoms with Gasteiger partial charge in [0.1, 0.15) is 13.2 Å². The van der Waals surface area contributed by atoms with Crippen molar-refractivity contribution in [3.8, 4) is 0 Å². The molecule has 0 saturated heterocycles. The van der Waals surface area contributed by atoms with E-state index in [1.54, 1.807) is 0 Å². The van der Waals surface area contributed by atoms with Gasteiger partial charge >= 0.3 is 17.9 Å². The number of carbonyl (C=O) groups is 3. The Morgan fingerprint density at radius 2 is 0.661 bits per heavy atom. The van der Waals surface area contributed by atoms with E-state index in [0.29, 0.717) is 19.3 Å². The van der Waals surface area contributed by atoms with Gasteiger partial charge in [-0.15, -0.1) is 0 Å². The molecule has 0 aliphatic rings. The van der Waals surface area contributed by atoms with E-state index in [2.05, 4.69) is 69.4 Å². The molecule has 6 heteroatoms. The minimum absolute atomic E-state index is 0.0801. The first-order chi connectivity index (χ1) is 29.0. The van der Waals surface area contributed by atoms with Crippen LogP contribution < -0.4 is 0 Å². The molecular formula is C53H94O6. The topological polar surface area (TPSA) is 78.9 Å². The van der Waals surface area contributed by atoms with E-state index in [1.165, 1.54) is 103 Å². The molecule has 342 valence electrons. The summed E-state index contributed by atoms with van der Waals surface area (Å²) in [5.41, 5.74) is 0. The summed E-state index contributed by atoms with van der Waals surface area (Å²) in [5, 5.41) is 0. The highest BCUT2D eigenvalue weighted by Crippen LogP contribution is 2.14. The minimum atomic E-state index is -0.780. The smallest absolute Gasteiger partial charge is 0.306 e. The van der Waals surface area contributed by atoms with Crippen molar-refractivity contribution >= 4 is 17.9 Å². The molecule has 0 aliphatic carbocycles. The molecular weight excluding hydrogens is 733 g/mol. The number of rotatable bonds is 45. The molecule has 1 unspecified atom stereocenters. The highest BCUT2D eigenvalue weighted by Gasteiger charge is 2.19. The van der Waals surface area contributed by atoms with Crippen LogP contribution in [0.5, 0.6) is 0 Å². The molecule has 0 radical (unpaired) electrons. The van der Waals surface area contributed by atoms with Crippen LogP contribution in [-0.4, -0.2) is 37.2 Å². The second-order valence-electron chi connectivity index (χ2n) is 16.7. The minimum Gasteiger partial charge on any atom is -0.462 e. The Bertz CT molecular complexity index is 1040. The normalized spacial score (nSPS) is 12.4. The van der Waals surface area contributed by atoms with Gasteiger partial charge in [0.15, 0.2) is 6.10 Å². The summed E-state index contributed by atoms with van der Waals surface area (Å²) in [6.45, 7) is 6.50. The van der Waals surface area contributed by atoms with Gasteiger partial charge in [-0.3, -0.25) is 14.4 Å². The van der Waals surface area contributed by atoms with E-state index in [1.807, 2.05) is 0 Å². The van der Waals surface area contributed by atoms with E-state index in [9.17, 15) is 14.4 Å². The van der Waals surface area contributed by atoms with Gasteiger partial charge in [-0.2, -0.15) is 0 Å². The van der Waals surface area contributed by atoms with Crippen LogP contribution in [0.1, 0.15) is 252 Å². The number of unbranched alkanes of at least 4 members (excludes halogenated alkanes) is 26. The molecule has 0 N–H and O–H groups in total. The maximum atomic E-state index is 12.8. The summed E-state index contributed by atoms with van der Waals surface area (Å²) in [6.07, 6.45) is 56.6. The highest BCUT2D eigenvalue weighted by atomic mass is 16.6. The van der Waals surface area contributed by atoms with Crippen molar-refractivity contribution in [1.29, 1.82) is 0 Å². The first-order valence-corrected chi connectivity index (χ1v) is 25.1. The molecule has 0 fully saturated rings. The zero-order chi connectivity index (χ0) is 43.0. The first-order valence-electron chi connectivity index (χ1n) is 25.1. The lowest BCUT2D eigenvalue weighted by molar-refractivity contribution is -0.167. The lowest BCUT2D eigenvalue weighted by Gasteiger charge is -2.18. The van der Waals surface area contributed by atoms with Gasteiger partial charge in [0.05, 0.1) is 0 Å². The summed E-state index contributed by atoms with van der Waals surface area (Å²) < 4.78 is 16.8. The van der Waals surface area contributed by atoms with Crippen LogP contribution >= 0.6 is 0 Å². The van der Waals surface area contributed by atoms with Crippen molar-refractivity contribution in [2.45, 2.75) is 258 Å². The Kier molecular flexibility index (Phi) is 45.9. The zero-order valence-electron chi connectivity index (χ0n) is 39.0. The van der Waals surface area contributed by atoms with Gasteiger partial charge in [0.25, 0.3) is 0 Å². The molecule has 59 heavy (non-hydrogen) atoms. The first kappa shape index (κ1) is 56.4. The third kappa shape index (κ3) is 46.3. The van der Waals surface area contributed by atoms with Crippen LogP contribution in [0.3, 0.4) is 0 Å². The van der Waals surface area contributed by atoms with Crippen LogP contribution in [0.2, 0.25) is 0 Å². The van der Waals surface area contributed by atoms with Gasteiger partial charge < -0.3 is 14.2 Å². The van der Waals surface area contributed by atoms with E-state index >= 15 is 0 Å². The Balaban J connectivity index is 4.40.